The molecular weight excluding hydrogens is 181 g/mol. The molecule has 2 nitrogen and oxygen atoms in total. The molecule has 0 saturated carbocycles. The molecule has 0 spiro atoms. The van der Waals surface area contributed by atoms with Gasteiger partial charge < -0.3 is 5.73 Å². The van der Waals surface area contributed by atoms with Gasteiger partial charge >= 0.3 is 0 Å². The lowest BCUT2D eigenvalue weighted by Gasteiger charge is -2.05. The molecule has 14 heavy (non-hydrogen) atoms. The van der Waals surface area contributed by atoms with Crippen LogP contribution in [0.5, 0.6) is 0 Å². The molecular formula is C11H14FNO. The number of hydrogen-bond acceptors (Lipinski definition) is 2. The molecule has 0 unspecified atom stereocenters. The Kier molecular flexibility index (Phi) is 3.36. The molecule has 0 bridgehead atoms. The number of Topliss-reactive ketones (excluding diaryl/α,β-unsaturated/α-hetero) is 1. The summed E-state index contributed by atoms with van der Waals surface area (Å²) in [5.74, 6) is -0.270. The van der Waals surface area contributed by atoms with Crippen LogP contribution in [0.15, 0.2) is 12.1 Å². The molecule has 0 atom stereocenters. The van der Waals surface area contributed by atoms with Gasteiger partial charge in [-0.25, -0.2) is 4.39 Å². The molecule has 1 rings (SSSR count). The highest BCUT2D eigenvalue weighted by Crippen LogP contribution is 2.15. The van der Waals surface area contributed by atoms with Crippen LogP contribution in [0, 0.1) is 19.7 Å². The number of nitrogens with two attached hydrogens (primary N) is 1. The maximum absolute atomic E-state index is 13.2. The number of rotatable bonds is 3. The highest BCUT2D eigenvalue weighted by atomic mass is 19.1. The van der Waals surface area contributed by atoms with Crippen LogP contribution in [0.25, 0.3) is 0 Å². The first-order chi connectivity index (χ1) is 6.56. The van der Waals surface area contributed by atoms with Crippen LogP contribution in [-0.4, -0.2) is 12.3 Å². The Balaban J connectivity index is 3.06. The summed E-state index contributed by atoms with van der Waals surface area (Å²) in [4.78, 5) is 11.5. The molecule has 0 heterocycles. The SMILES string of the molecule is Cc1cc(C(=O)CCN)cc(C)c1F. The average Bonchev–Trinajstić information content (AvgIpc) is 2.13. The van der Waals surface area contributed by atoms with Gasteiger partial charge in [0.15, 0.2) is 5.78 Å². The van der Waals surface area contributed by atoms with E-state index in [9.17, 15) is 9.18 Å². The summed E-state index contributed by atoms with van der Waals surface area (Å²) in [6.07, 6.45) is 0.310. The van der Waals surface area contributed by atoms with E-state index in [0.717, 1.165) is 0 Å². The summed E-state index contributed by atoms with van der Waals surface area (Å²) in [7, 11) is 0. The Hall–Kier alpha value is -1.22. The van der Waals surface area contributed by atoms with Gasteiger partial charge in [0.05, 0.1) is 0 Å². The number of ketones is 1. The van der Waals surface area contributed by atoms with Crippen molar-refractivity contribution in [3.05, 3.63) is 34.6 Å². The normalized spacial score (nSPS) is 10.3. The van der Waals surface area contributed by atoms with Gasteiger partial charge in [-0.2, -0.15) is 0 Å². The van der Waals surface area contributed by atoms with Gasteiger partial charge in [-0.15, -0.1) is 0 Å². The molecule has 0 saturated heterocycles. The zero-order valence-corrected chi connectivity index (χ0v) is 8.43. The largest absolute Gasteiger partial charge is 0.330 e. The summed E-state index contributed by atoms with van der Waals surface area (Å²) in [5.41, 5.74) is 6.84. The van der Waals surface area contributed by atoms with E-state index in [1.165, 1.54) is 0 Å². The third-order valence-electron chi connectivity index (χ3n) is 2.13. The van der Waals surface area contributed by atoms with Crippen LogP contribution in [0.2, 0.25) is 0 Å². The van der Waals surface area contributed by atoms with Crippen LogP contribution in [0.4, 0.5) is 4.39 Å². The summed E-state index contributed by atoms with van der Waals surface area (Å²) >= 11 is 0. The minimum Gasteiger partial charge on any atom is -0.330 e. The van der Waals surface area contributed by atoms with Crippen molar-refractivity contribution >= 4 is 5.78 Å². The van der Waals surface area contributed by atoms with E-state index in [4.69, 9.17) is 5.73 Å². The van der Waals surface area contributed by atoms with Crippen molar-refractivity contribution in [2.75, 3.05) is 6.54 Å². The number of aryl methyl sites for hydroxylation is 2. The zero-order valence-electron chi connectivity index (χ0n) is 8.43. The van der Waals surface area contributed by atoms with Crippen molar-refractivity contribution < 1.29 is 9.18 Å². The Morgan fingerprint density at radius 2 is 1.86 bits per heavy atom. The van der Waals surface area contributed by atoms with E-state index in [2.05, 4.69) is 0 Å². The number of carbonyl (C=O) groups excluding carboxylic acids is 1. The molecule has 0 fully saturated rings. The zero-order chi connectivity index (χ0) is 10.7. The maximum Gasteiger partial charge on any atom is 0.164 e. The Bertz CT molecular complexity index is 337. The highest BCUT2D eigenvalue weighted by Gasteiger charge is 2.09. The number of hydrogen-bond donors (Lipinski definition) is 1. The highest BCUT2D eigenvalue weighted by molar-refractivity contribution is 5.96. The van der Waals surface area contributed by atoms with E-state index in [1.807, 2.05) is 0 Å². The molecule has 0 aliphatic heterocycles. The van der Waals surface area contributed by atoms with E-state index < -0.39 is 0 Å². The van der Waals surface area contributed by atoms with Crippen LogP contribution in [0.3, 0.4) is 0 Å². The van der Waals surface area contributed by atoms with Gasteiger partial charge in [-0.3, -0.25) is 4.79 Å². The summed E-state index contributed by atoms with van der Waals surface area (Å²) < 4.78 is 13.2. The van der Waals surface area contributed by atoms with Crippen molar-refractivity contribution in [2.45, 2.75) is 20.3 Å². The van der Waals surface area contributed by atoms with Crippen molar-refractivity contribution in [3.8, 4) is 0 Å². The van der Waals surface area contributed by atoms with Crippen molar-refractivity contribution in [2.24, 2.45) is 5.73 Å². The summed E-state index contributed by atoms with van der Waals surface area (Å²) in [6.45, 7) is 3.64. The van der Waals surface area contributed by atoms with Crippen LogP contribution in [-0.2, 0) is 0 Å². The minimum absolute atomic E-state index is 0.0290. The first-order valence-corrected chi connectivity index (χ1v) is 4.56. The Morgan fingerprint density at radius 3 is 2.29 bits per heavy atom. The first kappa shape index (κ1) is 10.9. The van der Waals surface area contributed by atoms with E-state index in [0.29, 0.717) is 29.7 Å². The van der Waals surface area contributed by atoms with Crippen LogP contribution in [0.1, 0.15) is 27.9 Å². The molecule has 1 aromatic carbocycles. The quantitative estimate of drug-likeness (QED) is 0.749. The van der Waals surface area contributed by atoms with Crippen LogP contribution < -0.4 is 5.73 Å². The summed E-state index contributed by atoms with van der Waals surface area (Å²) in [5, 5.41) is 0. The Morgan fingerprint density at radius 1 is 1.36 bits per heavy atom. The van der Waals surface area contributed by atoms with E-state index in [-0.39, 0.29) is 11.6 Å². The van der Waals surface area contributed by atoms with E-state index >= 15 is 0 Å². The molecule has 0 aliphatic rings. The third-order valence-corrected chi connectivity index (χ3v) is 2.13. The number of halogens is 1. The second-order valence-electron chi connectivity index (χ2n) is 3.39. The number of benzene rings is 1. The van der Waals surface area contributed by atoms with Crippen molar-refractivity contribution in [1.82, 2.24) is 0 Å². The minimum atomic E-state index is -0.241. The monoisotopic (exact) mass is 195 g/mol. The molecule has 0 aromatic heterocycles. The lowest BCUT2D eigenvalue weighted by Crippen LogP contribution is -2.09. The maximum atomic E-state index is 13.2. The fourth-order valence-electron chi connectivity index (χ4n) is 1.38. The van der Waals surface area contributed by atoms with Gasteiger partial charge in [-0.05, 0) is 43.7 Å². The predicted octanol–water partition coefficient (Wildman–Crippen LogP) is 1.97. The molecule has 0 amide bonds. The van der Waals surface area contributed by atoms with Gasteiger partial charge in [0.2, 0.25) is 0 Å². The standard InChI is InChI=1S/C11H14FNO/c1-7-5-9(10(14)3-4-13)6-8(2)11(7)12/h5-6H,3-4,13H2,1-2H3. The second-order valence-corrected chi connectivity index (χ2v) is 3.39. The lowest BCUT2D eigenvalue weighted by atomic mass is 10.0. The fraction of sp³-hybridized carbons (Fsp3) is 0.364. The van der Waals surface area contributed by atoms with Crippen molar-refractivity contribution in [3.63, 3.8) is 0 Å². The topological polar surface area (TPSA) is 43.1 Å². The smallest absolute Gasteiger partial charge is 0.164 e. The fourth-order valence-corrected chi connectivity index (χ4v) is 1.38. The van der Waals surface area contributed by atoms with Crippen molar-refractivity contribution in [1.29, 1.82) is 0 Å². The molecule has 2 N–H and O–H groups in total. The van der Waals surface area contributed by atoms with Gasteiger partial charge in [0.1, 0.15) is 5.82 Å². The average molecular weight is 195 g/mol. The van der Waals surface area contributed by atoms with Crippen LogP contribution >= 0.6 is 0 Å². The summed E-state index contributed by atoms with van der Waals surface area (Å²) in [6, 6.07) is 3.14. The molecule has 3 heteroatoms. The molecule has 0 radical (unpaired) electrons. The molecule has 76 valence electrons. The first-order valence-electron chi connectivity index (χ1n) is 4.56. The Labute approximate surface area is 82.9 Å². The van der Waals surface area contributed by atoms with Gasteiger partial charge in [0.25, 0.3) is 0 Å². The lowest BCUT2D eigenvalue weighted by molar-refractivity contribution is 0.0985. The number of carbonyl (C=O) groups is 1. The van der Waals surface area contributed by atoms with Gasteiger partial charge in [-0.1, -0.05) is 0 Å². The molecule has 0 aliphatic carbocycles. The van der Waals surface area contributed by atoms with E-state index in [1.54, 1.807) is 26.0 Å². The molecule has 1 aromatic rings. The third kappa shape index (κ3) is 2.17. The van der Waals surface area contributed by atoms with Gasteiger partial charge in [0, 0.05) is 12.0 Å². The second kappa shape index (κ2) is 4.33. The predicted molar refractivity (Wildman–Crippen MR) is 53.9 cm³/mol.